The van der Waals surface area contributed by atoms with Gasteiger partial charge in [-0.05, 0) is 38.5 Å². The Morgan fingerprint density at radius 2 is 1.62 bits per heavy atom. The van der Waals surface area contributed by atoms with Crippen LogP contribution < -0.4 is 10.6 Å². The van der Waals surface area contributed by atoms with E-state index in [0.717, 1.165) is 0 Å². The molecule has 0 rings (SSSR count). The van der Waals surface area contributed by atoms with Crippen molar-refractivity contribution in [2.45, 2.75) is 66.9 Å². The van der Waals surface area contributed by atoms with Crippen LogP contribution in [-0.2, 0) is 9.53 Å². The van der Waals surface area contributed by atoms with Gasteiger partial charge in [-0.3, -0.25) is 4.79 Å². The van der Waals surface area contributed by atoms with Crippen molar-refractivity contribution in [1.29, 1.82) is 0 Å². The molecule has 0 fully saturated rings. The molecule has 0 aromatic carbocycles. The molecule has 2 N–H and O–H groups in total. The lowest BCUT2D eigenvalue weighted by atomic mass is 9.82. The minimum Gasteiger partial charge on any atom is -0.444 e. The first kappa shape index (κ1) is 19.7. The topological polar surface area (TPSA) is 67.4 Å². The maximum absolute atomic E-state index is 11.7. The summed E-state index contributed by atoms with van der Waals surface area (Å²) in [7, 11) is 0. The highest BCUT2D eigenvalue weighted by Crippen LogP contribution is 2.24. The lowest BCUT2D eigenvalue weighted by molar-refractivity contribution is -0.121. The van der Waals surface area contributed by atoms with Gasteiger partial charge in [0.15, 0.2) is 0 Å². The van der Waals surface area contributed by atoms with Crippen molar-refractivity contribution >= 4 is 12.0 Å². The molecule has 5 heteroatoms. The van der Waals surface area contributed by atoms with E-state index >= 15 is 0 Å². The van der Waals surface area contributed by atoms with E-state index in [0.29, 0.717) is 31.8 Å². The molecule has 0 saturated heterocycles. The molecule has 0 aliphatic rings. The van der Waals surface area contributed by atoms with Crippen LogP contribution in [0.3, 0.4) is 0 Å². The molecule has 1 unspecified atom stereocenters. The number of carbonyl (C=O) groups is 2. The lowest BCUT2D eigenvalue weighted by Gasteiger charge is -2.27. The first-order valence-corrected chi connectivity index (χ1v) is 7.65. The molecule has 0 saturated carbocycles. The predicted molar refractivity (Wildman–Crippen MR) is 85.1 cm³/mol. The summed E-state index contributed by atoms with van der Waals surface area (Å²) in [5, 5.41) is 5.57. The van der Waals surface area contributed by atoms with E-state index in [1.165, 1.54) is 0 Å². The maximum Gasteiger partial charge on any atom is 0.407 e. The van der Waals surface area contributed by atoms with Crippen LogP contribution in [0.5, 0.6) is 0 Å². The first-order chi connectivity index (χ1) is 9.42. The van der Waals surface area contributed by atoms with Crippen molar-refractivity contribution in [1.82, 2.24) is 10.6 Å². The molecule has 21 heavy (non-hydrogen) atoms. The maximum atomic E-state index is 11.7. The fourth-order valence-electron chi connectivity index (χ4n) is 1.42. The van der Waals surface area contributed by atoms with E-state index in [2.05, 4.69) is 38.3 Å². The first-order valence-electron chi connectivity index (χ1n) is 7.65. The van der Waals surface area contributed by atoms with Crippen LogP contribution in [-0.4, -0.2) is 30.7 Å². The van der Waals surface area contributed by atoms with E-state index < -0.39 is 11.7 Å². The zero-order valence-corrected chi connectivity index (χ0v) is 14.6. The number of rotatable bonds is 6. The van der Waals surface area contributed by atoms with Gasteiger partial charge in [-0.1, -0.05) is 27.7 Å². The molecular weight excluding hydrogens is 268 g/mol. The summed E-state index contributed by atoms with van der Waals surface area (Å²) < 4.78 is 5.11. The number of alkyl carbamates (subject to hydrolysis) is 1. The standard InChI is InChI=1S/C16H32N2O3/c1-12(15(2,3)4)11-18-13(19)9-8-10-17-14(20)21-16(5,6)7/h12H,8-11H2,1-7H3,(H,17,20)(H,18,19). The van der Waals surface area contributed by atoms with Gasteiger partial charge in [-0.2, -0.15) is 0 Å². The van der Waals surface area contributed by atoms with Crippen LogP contribution in [0.15, 0.2) is 0 Å². The second kappa shape index (κ2) is 8.25. The monoisotopic (exact) mass is 300 g/mol. The summed E-state index contributed by atoms with van der Waals surface area (Å²) in [6, 6.07) is 0. The molecule has 0 spiro atoms. The van der Waals surface area contributed by atoms with Crippen molar-refractivity contribution in [3.05, 3.63) is 0 Å². The van der Waals surface area contributed by atoms with Gasteiger partial charge in [-0.15, -0.1) is 0 Å². The molecule has 2 amide bonds. The quantitative estimate of drug-likeness (QED) is 0.741. The highest BCUT2D eigenvalue weighted by atomic mass is 16.6. The predicted octanol–water partition coefficient (Wildman–Crippen LogP) is 3.09. The lowest BCUT2D eigenvalue weighted by Crippen LogP contribution is -2.35. The third-order valence-electron chi connectivity index (χ3n) is 3.33. The molecule has 0 aliphatic heterocycles. The minimum atomic E-state index is -0.495. The number of nitrogens with one attached hydrogen (secondary N) is 2. The summed E-state index contributed by atoms with van der Waals surface area (Å²) in [4.78, 5) is 23.1. The fraction of sp³-hybridized carbons (Fsp3) is 0.875. The number of carbonyl (C=O) groups excluding carboxylic acids is 2. The van der Waals surface area contributed by atoms with Gasteiger partial charge in [-0.25, -0.2) is 4.79 Å². The molecule has 0 bridgehead atoms. The summed E-state index contributed by atoms with van der Waals surface area (Å²) in [5.74, 6) is 0.443. The van der Waals surface area contributed by atoms with Gasteiger partial charge in [0.1, 0.15) is 5.60 Å². The molecule has 124 valence electrons. The second-order valence-electron chi connectivity index (χ2n) is 7.60. The third kappa shape index (κ3) is 11.1. The number of hydrogen-bond donors (Lipinski definition) is 2. The van der Waals surface area contributed by atoms with E-state index in [1.54, 1.807) is 0 Å². The van der Waals surface area contributed by atoms with Crippen molar-refractivity contribution in [3.8, 4) is 0 Å². The Bertz CT molecular complexity index is 340. The zero-order chi connectivity index (χ0) is 16.7. The van der Waals surface area contributed by atoms with Gasteiger partial charge >= 0.3 is 6.09 Å². The summed E-state index contributed by atoms with van der Waals surface area (Å²) >= 11 is 0. The van der Waals surface area contributed by atoms with Crippen molar-refractivity contribution in [3.63, 3.8) is 0 Å². The second-order valence-corrected chi connectivity index (χ2v) is 7.60. The SMILES string of the molecule is CC(CNC(=O)CCCNC(=O)OC(C)(C)C)C(C)(C)C. The summed E-state index contributed by atoms with van der Waals surface area (Å²) in [5.41, 5.74) is -0.309. The van der Waals surface area contributed by atoms with Crippen LogP contribution >= 0.6 is 0 Å². The van der Waals surface area contributed by atoms with Gasteiger partial charge in [0, 0.05) is 19.5 Å². The highest BCUT2D eigenvalue weighted by molar-refractivity contribution is 5.76. The van der Waals surface area contributed by atoms with Crippen molar-refractivity contribution in [2.24, 2.45) is 11.3 Å². The Labute approximate surface area is 129 Å². The fourth-order valence-corrected chi connectivity index (χ4v) is 1.42. The summed E-state index contributed by atoms with van der Waals surface area (Å²) in [6.45, 7) is 15.2. The largest absolute Gasteiger partial charge is 0.444 e. The van der Waals surface area contributed by atoms with Crippen molar-refractivity contribution in [2.75, 3.05) is 13.1 Å². The van der Waals surface area contributed by atoms with Crippen LogP contribution in [0.25, 0.3) is 0 Å². The smallest absolute Gasteiger partial charge is 0.407 e. The molecule has 0 heterocycles. The molecule has 0 aliphatic carbocycles. The minimum absolute atomic E-state index is 0.0251. The molecular formula is C16H32N2O3. The van der Waals surface area contributed by atoms with Crippen LogP contribution in [0.4, 0.5) is 4.79 Å². The van der Waals surface area contributed by atoms with Crippen LogP contribution in [0.1, 0.15) is 61.3 Å². The molecule has 5 nitrogen and oxygen atoms in total. The number of amides is 2. The Hall–Kier alpha value is -1.26. The number of hydrogen-bond acceptors (Lipinski definition) is 3. The Balaban J connectivity index is 3.74. The molecule has 0 radical (unpaired) electrons. The molecule has 0 aromatic rings. The van der Waals surface area contributed by atoms with E-state index in [4.69, 9.17) is 4.74 Å². The number of ether oxygens (including phenoxy) is 1. The zero-order valence-electron chi connectivity index (χ0n) is 14.6. The Morgan fingerprint density at radius 3 is 2.10 bits per heavy atom. The van der Waals surface area contributed by atoms with Gasteiger partial charge in [0.25, 0.3) is 0 Å². The van der Waals surface area contributed by atoms with Crippen LogP contribution in [0, 0.1) is 11.3 Å². The molecule has 0 aromatic heterocycles. The Kier molecular flexibility index (Phi) is 7.75. The van der Waals surface area contributed by atoms with Crippen molar-refractivity contribution < 1.29 is 14.3 Å². The molecule has 1 atom stereocenters. The van der Waals surface area contributed by atoms with E-state index in [9.17, 15) is 9.59 Å². The van der Waals surface area contributed by atoms with Gasteiger partial charge in [0.05, 0.1) is 0 Å². The van der Waals surface area contributed by atoms with Crippen LogP contribution in [0.2, 0.25) is 0 Å². The van der Waals surface area contributed by atoms with E-state index in [1.807, 2.05) is 20.8 Å². The Morgan fingerprint density at radius 1 is 1.05 bits per heavy atom. The van der Waals surface area contributed by atoms with Gasteiger partial charge in [0.2, 0.25) is 5.91 Å². The highest BCUT2D eigenvalue weighted by Gasteiger charge is 2.20. The average molecular weight is 300 g/mol. The summed E-state index contributed by atoms with van der Waals surface area (Å²) in [6.07, 6.45) is 0.575. The average Bonchev–Trinajstić information content (AvgIpc) is 2.28. The third-order valence-corrected chi connectivity index (χ3v) is 3.33. The normalized spacial score (nSPS) is 13.5. The van der Waals surface area contributed by atoms with Gasteiger partial charge < -0.3 is 15.4 Å². The van der Waals surface area contributed by atoms with E-state index in [-0.39, 0.29) is 11.3 Å².